The van der Waals surface area contributed by atoms with E-state index < -0.39 is 0 Å². The molecule has 17 heavy (non-hydrogen) atoms. The highest BCUT2D eigenvalue weighted by molar-refractivity contribution is 4.80. The van der Waals surface area contributed by atoms with E-state index in [0.29, 0.717) is 0 Å². The molecular weight excluding hydrogens is 206 g/mol. The molecule has 1 heteroatoms. The Hall–Kier alpha value is -0.0400. The fraction of sp³-hybridized carbons (Fsp3) is 1.00. The molecule has 0 aromatic rings. The van der Waals surface area contributed by atoms with Gasteiger partial charge in [0.2, 0.25) is 0 Å². The Labute approximate surface area is 110 Å². The lowest BCUT2D eigenvalue weighted by atomic mass is 9.83. The lowest BCUT2D eigenvalue weighted by Crippen LogP contribution is -2.41. The van der Waals surface area contributed by atoms with E-state index in [9.17, 15) is 0 Å². The molecule has 0 rings (SSSR count). The zero-order valence-electron chi connectivity index (χ0n) is 12.9. The summed E-state index contributed by atoms with van der Waals surface area (Å²) in [4.78, 5) is 0. The monoisotopic (exact) mass is 241 g/mol. The fourth-order valence-corrected chi connectivity index (χ4v) is 2.64. The first-order valence-electron chi connectivity index (χ1n) is 7.94. The largest absolute Gasteiger partial charge is 0.313 e. The van der Waals surface area contributed by atoms with E-state index in [2.05, 4.69) is 39.9 Å². The van der Waals surface area contributed by atoms with E-state index in [1.165, 1.54) is 51.5 Å². The van der Waals surface area contributed by atoms with Crippen molar-refractivity contribution in [2.75, 3.05) is 6.54 Å². The highest BCUT2D eigenvalue weighted by Gasteiger charge is 2.23. The molecule has 3 unspecified atom stereocenters. The number of rotatable bonds is 11. The molecule has 0 radical (unpaired) electrons. The van der Waals surface area contributed by atoms with Crippen LogP contribution in [-0.4, -0.2) is 12.6 Å². The van der Waals surface area contributed by atoms with Crippen LogP contribution >= 0.6 is 0 Å². The number of hydrogen-bond acceptors (Lipinski definition) is 1. The summed E-state index contributed by atoms with van der Waals surface area (Å²) in [7, 11) is 0. The zero-order chi connectivity index (χ0) is 13.1. The molecule has 0 aliphatic rings. The highest BCUT2D eigenvalue weighted by atomic mass is 14.9. The van der Waals surface area contributed by atoms with Gasteiger partial charge in [0.15, 0.2) is 0 Å². The molecule has 0 aromatic carbocycles. The van der Waals surface area contributed by atoms with Crippen molar-refractivity contribution in [3.63, 3.8) is 0 Å². The minimum absolute atomic E-state index is 0.739. The molecular formula is C16H35N. The average molecular weight is 241 g/mol. The summed E-state index contributed by atoms with van der Waals surface area (Å²) < 4.78 is 0. The van der Waals surface area contributed by atoms with E-state index in [0.717, 1.165) is 17.9 Å². The maximum absolute atomic E-state index is 3.83. The van der Waals surface area contributed by atoms with Crippen molar-refractivity contribution in [2.24, 2.45) is 11.8 Å². The molecule has 0 aliphatic heterocycles. The Morgan fingerprint density at radius 1 is 0.882 bits per heavy atom. The van der Waals surface area contributed by atoms with Crippen molar-refractivity contribution in [1.82, 2.24) is 5.32 Å². The normalized spacial score (nSPS) is 16.8. The Morgan fingerprint density at radius 3 is 2.00 bits per heavy atom. The molecule has 0 aliphatic carbocycles. The van der Waals surface area contributed by atoms with Crippen LogP contribution in [0.2, 0.25) is 0 Å². The molecule has 0 spiro atoms. The summed E-state index contributed by atoms with van der Waals surface area (Å²) in [5, 5.41) is 3.83. The van der Waals surface area contributed by atoms with Crippen LogP contribution in [0.25, 0.3) is 0 Å². The minimum atomic E-state index is 0.739. The van der Waals surface area contributed by atoms with Crippen molar-refractivity contribution in [2.45, 2.75) is 85.6 Å². The van der Waals surface area contributed by atoms with Gasteiger partial charge < -0.3 is 5.32 Å². The van der Waals surface area contributed by atoms with Crippen LogP contribution < -0.4 is 5.32 Å². The summed E-state index contributed by atoms with van der Waals surface area (Å²) in [6.45, 7) is 12.9. The van der Waals surface area contributed by atoms with Gasteiger partial charge in [-0.1, -0.05) is 66.7 Å². The first-order chi connectivity index (χ1) is 8.21. The van der Waals surface area contributed by atoms with Gasteiger partial charge in [-0.3, -0.25) is 0 Å². The molecule has 3 atom stereocenters. The summed E-state index contributed by atoms with van der Waals surface area (Å²) >= 11 is 0. The van der Waals surface area contributed by atoms with Gasteiger partial charge in [-0.25, -0.2) is 0 Å². The predicted molar refractivity (Wildman–Crippen MR) is 79.5 cm³/mol. The Kier molecular flexibility index (Phi) is 11.0. The maximum Gasteiger partial charge on any atom is 0.0121 e. The molecule has 0 saturated carbocycles. The first-order valence-corrected chi connectivity index (χ1v) is 7.94. The smallest absolute Gasteiger partial charge is 0.0121 e. The van der Waals surface area contributed by atoms with E-state index >= 15 is 0 Å². The number of unbranched alkanes of at least 4 members (excludes halogenated alkanes) is 2. The van der Waals surface area contributed by atoms with E-state index in [-0.39, 0.29) is 0 Å². The SMILES string of the molecule is CCCCNC(C(C)CC)C(CC)CCCC. The highest BCUT2D eigenvalue weighted by Crippen LogP contribution is 2.24. The van der Waals surface area contributed by atoms with Crippen molar-refractivity contribution >= 4 is 0 Å². The predicted octanol–water partition coefficient (Wildman–Crippen LogP) is 5.01. The summed E-state index contributed by atoms with van der Waals surface area (Å²) in [5.74, 6) is 1.69. The lowest BCUT2D eigenvalue weighted by molar-refractivity contribution is 0.241. The Bertz CT molecular complexity index is 156. The third kappa shape index (κ3) is 7.08. The topological polar surface area (TPSA) is 12.0 Å². The van der Waals surface area contributed by atoms with Gasteiger partial charge >= 0.3 is 0 Å². The van der Waals surface area contributed by atoms with Gasteiger partial charge in [0.25, 0.3) is 0 Å². The second kappa shape index (κ2) is 11.1. The van der Waals surface area contributed by atoms with Crippen molar-refractivity contribution in [3.8, 4) is 0 Å². The second-order valence-electron chi connectivity index (χ2n) is 5.53. The Morgan fingerprint density at radius 2 is 1.53 bits per heavy atom. The van der Waals surface area contributed by atoms with E-state index in [1.54, 1.807) is 0 Å². The maximum atomic E-state index is 3.83. The van der Waals surface area contributed by atoms with Crippen LogP contribution in [0.1, 0.15) is 79.6 Å². The second-order valence-corrected chi connectivity index (χ2v) is 5.53. The van der Waals surface area contributed by atoms with Gasteiger partial charge in [0.1, 0.15) is 0 Å². The summed E-state index contributed by atoms with van der Waals surface area (Å²) in [5.41, 5.74) is 0. The summed E-state index contributed by atoms with van der Waals surface area (Å²) in [6.07, 6.45) is 9.37. The van der Waals surface area contributed by atoms with Crippen LogP contribution in [0, 0.1) is 11.8 Å². The van der Waals surface area contributed by atoms with Crippen LogP contribution in [0.3, 0.4) is 0 Å². The molecule has 0 saturated heterocycles. The van der Waals surface area contributed by atoms with Gasteiger partial charge in [0.05, 0.1) is 0 Å². The zero-order valence-corrected chi connectivity index (χ0v) is 12.9. The van der Waals surface area contributed by atoms with Crippen LogP contribution in [0.5, 0.6) is 0 Å². The first kappa shape index (κ1) is 17.0. The van der Waals surface area contributed by atoms with E-state index in [4.69, 9.17) is 0 Å². The van der Waals surface area contributed by atoms with Crippen molar-refractivity contribution < 1.29 is 0 Å². The van der Waals surface area contributed by atoms with Crippen LogP contribution in [-0.2, 0) is 0 Å². The third-order valence-corrected chi connectivity index (χ3v) is 4.13. The van der Waals surface area contributed by atoms with Crippen molar-refractivity contribution in [3.05, 3.63) is 0 Å². The fourth-order valence-electron chi connectivity index (χ4n) is 2.64. The van der Waals surface area contributed by atoms with Crippen molar-refractivity contribution in [1.29, 1.82) is 0 Å². The molecule has 0 amide bonds. The number of hydrogen-bond donors (Lipinski definition) is 1. The third-order valence-electron chi connectivity index (χ3n) is 4.13. The van der Waals surface area contributed by atoms with Gasteiger partial charge in [-0.2, -0.15) is 0 Å². The average Bonchev–Trinajstić information content (AvgIpc) is 2.36. The molecule has 1 nitrogen and oxygen atoms in total. The number of nitrogens with one attached hydrogen (secondary N) is 1. The lowest BCUT2D eigenvalue weighted by Gasteiger charge is -2.32. The Balaban J connectivity index is 4.28. The van der Waals surface area contributed by atoms with Gasteiger partial charge in [-0.15, -0.1) is 0 Å². The molecule has 0 fully saturated rings. The minimum Gasteiger partial charge on any atom is -0.313 e. The molecule has 0 heterocycles. The standard InChI is InChI=1S/C16H35N/c1-6-10-12-15(9-4)16(14(5)8-3)17-13-11-7-2/h14-17H,6-13H2,1-5H3. The molecule has 1 N–H and O–H groups in total. The van der Waals surface area contributed by atoms with E-state index in [1.807, 2.05) is 0 Å². The van der Waals surface area contributed by atoms with Crippen LogP contribution in [0.15, 0.2) is 0 Å². The quantitative estimate of drug-likeness (QED) is 0.502. The van der Waals surface area contributed by atoms with Gasteiger partial charge in [-0.05, 0) is 31.2 Å². The van der Waals surface area contributed by atoms with Gasteiger partial charge in [0, 0.05) is 6.04 Å². The van der Waals surface area contributed by atoms with Crippen LogP contribution in [0.4, 0.5) is 0 Å². The summed E-state index contributed by atoms with van der Waals surface area (Å²) in [6, 6.07) is 0.739. The molecule has 0 aromatic heterocycles. The molecule has 104 valence electrons. The molecule has 0 bridgehead atoms.